The molecule has 20 heavy (non-hydrogen) atoms. The third kappa shape index (κ3) is 2.77. The molecule has 114 valence electrons. The van der Waals surface area contributed by atoms with E-state index in [2.05, 4.69) is 61.2 Å². The molecule has 1 fully saturated rings. The summed E-state index contributed by atoms with van der Waals surface area (Å²) < 4.78 is 2.06. The van der Waals surface area contributed by atoms with Crippen LogP contribution in [0.25, 0.3) is 0 Å². The predicted molar refractivity (Wildman–Crippen MR) is 84.0 cm³/mol. The lowest BCUT2D eigenvalue weighted by molar-refractivity contribution is 0.107. The van der Waals surface area contributed by atoms with Crippen LogP contribution in [0.4, 0.5) is 0 Å². The Morgan fingerprint density at radius 3 is 2.50 bits per heavy atom. The molecule has 4 nitrogen and oxygen atoms in total. The molecular formula is C16H30N4. The topological polar surface area (TPSA) is 33.1 Å². The summed E-state index contributed by atoms with van der Waals surface area (Å²) in [7, 11) is 8.64. The Morgan fingerprint density at radius 1 is 1.40 bits per heavy atom. The van der Waals surface area contributed by atoms with Crippen molar-refractivity contribution in [3.63, 3.8) is 0 Å². The maximum atomic E-state index is 4.59. The highest BCUT2D eigenvalue weighted by molar-refractivity contribution is 5.14. The molecule has 0 bridgehead atoms. The van der Waals surface area contributed by atoms with Crippen molar-refractivity contribution in [3.8, 4) is 0 Å². The lowest BCUT2D eigenvalue weighted by Gasteiger charge is -2.43. The zero-order valence-electron chi connectivity index (χ0n) is 13.7. The maximum absolute atomic E-state index is 4.59. The van der Waals surface area contributed by atoms with Crippen molar-refractivity contribution in [1.82, 2.24) is 20.0 Å². The van der Waals surface area contributed by atoms with Crippen LogP contribution in [-0.4, -0.2) is 47.4 Å². The van der Waals surface area contributed by atoms with Gasteiger partial charge in [-0.3, -0.25) is 4.68 Å². The van der Waals surface area contributed by atoms with Crippen LogP contribution in [0.5, 0.6) is 0 Å². The van der Waals surface area contributed by atoms with E-state index in [0.29, 0.717) is 11.6 Å². The average Bonchev–Trinajstić information content (AvgIpc) is 3.03. The first kappa shape index (κ1) is 15.5. The summed E-state index contributed by atoms with van der Waals surface area (Å²) in [6.45, 7) is 2.17. The van der Waals surface area contributed by atoms with Crippen LogP contribution in [0, 0.1) is 0 Å². The summed E-state index contributed by atoms with van der Waals surface area (Å²) in [6, 6.07) is 2.75. The number of aryl methyl sites for hydroxylation is 2. The van der Waals surface area contributed by atoms with Gasteiger partial charge in [-0.05, 0) is 46.5 Å². The van der Waals surface area contributed by atoms with Crippen LogP contribution >= 0.6 is 0 Å². The minimum atomic E-state index is 0.297. The minimum absolute atomic E-state index is 0.297. The molecule has 1 saturated carbocycles. The van der Waals surface area contributed by atoms with Crippen LogP contribution in [0.1, 0.15) is 44.0 Å². The SMILES string of the molecule is CCc1cc(CC(NC)C2(N(C)C)CCCC2)n(C)n1. The summed E-state index contributed by atoms with van der Waals surface area (Å²) >= 11 is 0. The monoisotopic (exact) mass is 278 g/mol. The zero-order valence-corrected chi connectivity index (χ0v) is 13.7. The van der Waals surface area contributed by atoms with Gasteiger partial charge < -0.3 is 10.2 Å². The largest absolute Gasteiger partial charge is 0.315 e. The van der Waals surface area contributed by atoms with Crippen molar-refractivity contribution >= 4 is 0 Å². The van der Waals surface area contributed by atoms with E-state index in [1.54, 1.807) is 0 Å². The molecule has 1 aromatic heterocycles. The number of hydrogen-bond donors (Lipinski definition) is 1. The minimum Gasteiger partial charge on any atom is -0.315 e. The Morgan fingerprint density at radius 2 is 2.05 bits per heavy atom. The highest BCUT2D eigenvalue weighted by Crippen LogP contribution is 2.37. The lowest BCUT2D eigenvalue weighted by Crippen LogP contribution is -2.57. The summed E-state index contributed by atoms with van der Waals surface area (Å²) in [5.74, 6) is 0. The molecule has 2 rings (SSSR count). The number of nitrogens with one attached hydrogen (secondary N) is 1. The Labute approximate surface area is 123 Å². The van der Waals surface area contributed by atoms with Crippen LogP contribution in [-0.2, 0) is 19.9 Å². The number of nitrogens with zero attached hydrogens (tertiary/aromatic N) is 3. The van der Waals surface area contributed by atoms with Gasteiger partial charge in [0, 0.05) is 30.7 Å². The molecule has 0 saturated heterocycles. The second-order valence-electron chi connectivity index (χ2n) is 6.35. The molecule has 1 unspecified atom stereocenters. The molecule has 0 radical (unpaired) electrons. The van der Waals surface area contributed by atoms with Crippen LogP contribution < -0.4 is 5.32 Å². The molecule has 0 amide bonds. The first-order chi connectivity index (χ1) is 9.53. The molecule has 1 aromatic rings. The third-order valence-corrected chi connectivity index (χ3v) is 5.16. The highest BCUT2D eigenvalue weighted by Gasteiger charge is 2.42. The Kier molecular flexibility index (Phi) is 4.86. The quantitative estimate of drug-likeness (QED) is 0.864. The Bertz CT molecular complexity index is 430. The van der Waals surface area contributed by atoms with Crippen LogP contribution in [0.3, 0.4) is 0 Å². The van der Waals surface area contributed by atoms with Gasteiger partial charge in [0.1, 0.15) is 0 Å². The summed E-state index contributed by atoms with van der Waals surface area (Å²) in [4.78, 5) is 2.44. The molecule has 1 heterocycles. The molecule has 1 N–H and O–H groups in total. The first-order valence-corrected chi connectivity index (χ1v) is 7.90. The molecule has 1 atom stereocenters. The summed E-state index contributed by atoms with van der Waals surface area (Å²) in [6.07, 6.45) is 7.35. The van der Waals surface area contributed by atoms with E-state index >= 15 is 0 Å². The van der Waals surface area contributed by atoms with Gasteiger partial charge in [-0.25, -0.2) is 0 Å². The van der Waals surface area contributed by atoms with E-state index in [1.807, 2.05) is 0 Å². The predicted octanol–water partition coefficient (Wildman–Crippen LogP) is 1.99. The van der Waals surface area contributed by atoms with Crippen molar-refractivity contribution in [2.24, 2.45) is 7.05 Å². The number of rotatable bonds is 6. The fourth-order valence-corrected chi connectivity index (χ4v) is 3.80. The van der Waals surface area contributed by atoms with Gasteiger partial charge in [0.25, 0.3) is 0 Å². The molecule has 0 aromatic carbocycles. The van der Waals surface area contributed by atoms with Gasteiger partial charge in [0.2, 0.25) is 0 Å². The number of aromatic nitrogens is 2. The average molecular weight is 278 g/mol. The van der Waals surface area contributed by atoms with Crippen LogP contribution in [0.2, 0.25) is 0 Å². The van der Waals surface area contributed by atoms with Crippen molar-refractivity contribution in [3.05, 3.63) is 17.5 Å². The van der Waals surface area contributed by atoms with E-state index in [4.69, 9.17) is 0 Å². The summed E-state index contributed by atoms with van der Waals surface area (Å²) in [5.41, 5.74) is 2.84. The van der Waals surface area contributed by atoms with Crippen molar-refractivity contribution in [2.75, 3.05) is 21.1 Å². The zero-order chi connectivity index (χ0) is 14.8. The van der Waals surface area contributed by atoms with Gasteiger partial charge in [-0.2, -0.15) is 5.10 Å². The second-order valence-corrected chi connectivity index (χ2v) is 6.35. The highest BCUT2D eigenvalue weighted by atomic mass is 15.3. The van der Waals surface area contributed by atoms with Gasteiger partial charge in [-0.1, -0.05) is 19.8 Å². The van der Waals surface area contributed by atoms with Gasteiger partial charge in [0.15, 0.2) is 0 Å². The fourth-order valence-electron chi connectivity index (χ4n) is 3.80. The summed E-state index contributed by atoms with van der Waals surface area (Å²) in [5, 5.41) is 8.17. The van der Waals surface area contributed by atoms with Gasteiger partial charge in [-0.15, -0.1) is 0 Å². The third-order valence-electron chi connectivity index (χ3n) is 5.16. The Hall–Kier alpha value is -0.870. The lowest BCUT2D eigenvalue weighted by atomic mass is 9.84. The van der Waals surface area contributed by atoms with Crippen LogP contribution in [0.15, 0.2) is 6.07 Å². The first-order valence-electron chi connectivity index (χ1n) is 7.90. The maximum Gasteiger partial charge on any atom is 0.0624 e. The molecular weight excluding hydrogens is 248 g/mol. The number of likely N-dealkylation sites (N-methyl/N-ethyl adjacent to an activating group) is 2. The van der Waals surface area contributed by atoms with E-state index < -0.39 is 0 Å². The van der Waals surface area contributed by atoms with E-state index in [0.717, 1.165) is 12.8 Å². The van der Waals surface area contributed by atoms with E-state index in [9.17, 15) is 0 Å². The van der Waals surface area contributed by atoms with Crippen molar-refractivity contribution < 1.29 is 0 Å². The molecule has 0 aliphatic heterocycles. The smallest absolute Gasteiger partial charge is 0.0624 e. The van der Waals surface area contributed by atoms with E-state index in [1.165, 1.54) is 37.1 Å². The fraction of sp³-hybridized carbons (Fsp3) is 0.812. The second kappa shape index (κ2) is 6.27. The molecule has 0 spiro atoms. The molecule has 1 aliphatic carbocycles. The number of hydrogen-bond acceptors (Lipinski definition) is 3. The standard InChI is InChI=1S/C16H30N4/c1-6-13-11-14(20(5)18-13)12-15(17-2)16(19(3)4)9-7-8-10-16/h11,15,17H,6-10,12H2,1-5H3. The normalized spacial score (nSPS) is 19.7. The molecule has 1 aliphatic rings. The van der Waals surface area contributed by atoms with Crippen molar-refractivity contribution in [2.45, 2.75) is 57.0 Å². The van der Waals surface area contributed by atoms with Gasteiger partial charge in [0.05, 0.1) is 5.69 Å². The van der Waals surface area contributed by atoms with E-state index in [-0.39, 0.29) is 0 Å². The Balaban J connectivity index is 2.21. The molecule has 4 heteroatoms. The van der Waals surface area contributed by atoms with Gasteiger partial charge >= 0.3 is 0 Å². The van der Waals surface area contributed by atoms with Crippen molar-refractivity contribution in [1.29, 1.82) is 0 Å².